The Labute approximate surface area is 120 Å². The van der Waals surface area contributed by atoms with Crippen molar-refractivity contribution in [2.24, 2.45) is 5.92 Å². The average Bonchev–Trinajstić information content (AvgIpc) is 2.50. The highest BCUT2D eigenvalue weighted by Gasteiger charge is 2.20. The highest BCUT2D eigenvalue weighted by Crippen LogP contribution is 2.21. The van der Waals surface area contributed by atoms with Crippen molar-refractivity contribution in [1.82, 2.24) is 14.9 Å². The third-order valence-corrected chi connectivity index (χ3v) is 3.98. The number of aromatic nitrogens is 2. The molecule has 3 nitrogen and oxygen atoms in total. The molecule has 0 radical (unpaired) electrons. The third kappa shape index (κ3) is 3.64. The topological polar surface area (TPSA) is 29.0 Å². The molecule has 1 atom stereocenters. The van der Waals surface area contributed by atoms with Crippen molar-refractivity contribution >= 4 is 0 Å². The lowest BCUT2D eigenvalue weighted by Crippen LogP contribution is -2.35. The molecule has 3 heteroatoms. The fraction of sp³-hybridized carbons (Fsp3) is 0.412. The van der Waals surface area contributed by atoms with Gasteiger partial charge in [-0.3, -0.25) is 14.9 Å². The molecule has 0 aliphatic carbocycles. The number of hydrogen-bond donors (Lipinski definition) is 0. The summed E-state index contributed by atoms with van der Waals surface area (Å²) in [6.07, 6.45) is 9.38. The molecule has 0 aromatic carbocycles. The van der Waals surface area contributed by atoms with Crippen LogP contribution in [0.2, 0.25) is 0 Å². The van der Waals surface area contributed by atoms with E-state index >= 15 is 0 Å². The molecule has 20 heavy (non-hydrogen) atoms. The first-order valence-electron chi connectivity index (χ1n) is 7.41. The second kappa shape index (κ2) is 6.62. The van der Waals surface area contributed by atoms with Crippen LogP contribution in [0.1, 0.15) is 24.1 Å². The van der Waals surface area contributed by atoms with Crippen molar-refractivity contribution in [1.29, 1.82) is 0 Å². The van der Waals surface area contributed by atoms with Gasteiger partial charge >= 0.3 is 0 Å². The molecule has 0 amide bonds. The summed E-state index contributed by atoms with van der Waals surface area (Å²) in [5, 5.41) is 0. The standard InChI is InChI=1S/C17H21N3/c1-2-8-19-17(5-1)12-16-4-3-11-20(14-16)13-15-6-9-18-10-7-15/h1-2,5-10,16H,3-4,11-14H2. The fourth-order valence-electron chi connectivity index (χ4n) is 3.02. The average molecular weight is 267 g/mol. The van der Waals surface area contributed by atoms with Gasteiger partial charge in [-0.25, -0.2) is 0 Å². The zero-order chi connectivity index (χ0) is 13.6. The van der Waals surface area contributed by atoms with Crippen LogP contribution in [0, 0.1) is 5.92 Å². The number of nitrogens with zero attached hydrogens (tertiary/aromatic N) is 3. The summed E-state index contributed by atoms with van der Waals surface area (Å²) in [4.78, 5) is 11.1. The maximum absolute atomic E-state index is 4.46. The Bertz CT molecular complexity index is 465. The summed E-state index contributed by atoms with van der Waals surface area (Å²) in [5.74, 6) is 0.737. The molecule has 0 N–H and O–H groups in total. The molecule has 1 fully saturated rings. The minimum absolute atomic E-state index is 0.737. The lowest BCUT2D eigenvalue weighted by Gasteiger charge is -2.32. The van der Waals surface area contributed by atoms with Crippen LogP contribution in [-0.2, 0) is 13.0 Å². The van der Waals surface area contributed by atoms with E-state index in [4.69, 9.17) is 0 Å². The van der Waals surface area contributed by atoms with Gasteiger partial charge in [0, 0.05) is 37.4 Å². The van der Waals surface area contributed by atoms with Crippen molar-refractivity contribution in [2.75, 3.05) is 13.1 Å². The molecule has 2 aromatic heterocycles. The van der Waals surface area contributed by atoms with Crippen molar-refractivity contribution in [3.8, 4) is 0 Å². The predicted molar refractivity (Wildman–Crippen MR) is 80.2 cm³/mol. The summed E-state index contributed by atoms with van der Waals surface area (Å²) in [5.41, 5.74) is 2.58. The van der Waals surface area contributed by atoms with Gasteiger partial charge in [0.2, 0.25) is 0 Å². The van der Waals surface area contributed by atoms with Crippen LogP contribution in [0.3, 0.4) is 0 Å². The largest absolute Gasteiger partial charge is 0.299 e. The van der Waals surface area contributed by atoms with Crippen LogP contribution in [-0.4, -0.2) is 28.0 Å². The van der Waals surface area contributed by atoms with Crippen LogP contribution >= 0.6 is 0 Å². The normalized spacial score (nSPS) is 19.9. The number of likely N-dealkylation sites (tertiary alicyclic amines) is 1. The number of rotatable bonds is 4. The van der Waals surface area contributed by atoms with E-state index in [9.17, 15) is 0 Å². The van der Waals surface area contributed by atoms with E-state index in [-0.39, 0.29) is 0 Å². The predicted octanol–water partition coefficient (Wildman–Crippen LogP) is 2.93. The quantitative estimate of drug-likeness (QED) is 0.853. The van der Waals surface area contributed by atoms with Gasteiger partial charge in [-0.15, -0.1) is 0 Å². The summed E-state index contributed by atoms with van der Waals surface area (Å²) >= 11 is 0. The number of hydrogen-bond acceptors (Lipinski definition) is 3. The summed E-state index contributed by atoms with van der Waals surface area (Å²) < 4.78 is 0. The smallest absolute Gasteiger partial charge is 0.0406 e. The summed E-state index contributed by atoms with van der Waals surface area (Å²) in [7, 11) is 0. The Hall–Kier alpha value is -1.74. The van der Waals surface area contributed by atoms with Crippen LogP contribution in [0.4, 0.5) is 0 Å². The molecular formula is C17H21N3. The maximum atomic E-state index is 4.46. The Kier molecular flexibility index (Phi) is 4.38. The van der Waals surface area contributed by atoms with Crippen LogP contribution < -0.4 is 0 Å². The van der Waals surface area contributed by atoms with Crippen molar-refractivity contribution in [3.05, 3.63) is 60.2 Å². The first kappa shape index (κ1) is 13.3. The van der Waals surface area contributed by atoms with E-state index in [0.717, 1.165) is 18.9 Å². The molecular weight excluding hydrogens is 246 g/mol. The molecule has 1 aliphatic heterocycles. The molecule has 0 spiro atoms. The first-order valence-corrected chi connectivity index (χ1v) is 7.41. The van der Waals surface area contributed by atoms with Crippen molar-refractivity contribution in [3.63, 3.8) is 0 Å². The highest BCUT2D eigenvalue weighted by molar-refractivity contribution is 5.10. The minimum atomic E-state index is 0.737. The SMILES string of the molecule is c1ccc(CC2CCCN(Cc3ccncc3)C2)nc1. The van der Waals surface area contributed by atoms with E-state index in [0.29, 0.717) is 0 Å². The Morgan fingerprint density at radius 1 is 1.10 bits per heavy atom. The van der Waals surface area contributed by atoms with E-state index in [1.54, 1.807) is 0 Å². The van der Waals surface area contributed by atoms with Crippen LogP contribution in [0.5, 0.6) is 0 Å². The Morgan fingerprint density at radius 3 is 2.80 bits per heavy atom. The molecule has 1 aliphatic rings. The number of pyridine rings is 2. The summed E-state index contributed by atoms with van der Waals surface area (Å²) in [6, 6.07) is 10.4. The van der Waals surface area contributed by atoms with E-state index in [1.165, 1.54) is 37.2 Å². The van der Waals surface area contributed by atoms with Crippen molar-refractivity contribution < 1.29 is 0 Å². The van der Waals surface area contributed by atoms with Gasteiger partial charge < -0.3 is 0 Å². The van der Waals surface area contributed by atoms with E-state index in [1.807, 2.05) is 24.7 Å². The zero-order valence-corrected chi connectivity index (χ0v) is 11.8. The van der Waals surface area contributed by atoms with Gasteiger partial charge in [-0.1, -0.05) is 6.07 Å². The molecule has 1 saturated heterocycles. The molecule has 3 rings (SSSR count). The van der Waals surface area contributed by atoms with Gasteiger partial charge in [0.05, 0.1) is 0 Å². The monoisotopic (exact) mass is 267 g/mol. The zero-order valence-electron chi connectivity index (χ0n) is 11.8. The first-order chi connectivity index (χ1) is 9.90. The third-order valence-electron chi connectivity index (χ3n) is 3.98. The molecule has 1 unspecified atom stereocenters. The van der Waals surface area contributed by atoms with Gasteiger partial charge in [-0.2, -0.15) is 0 Å². The van der Waals surface area contributed by atoms with Gasteiger partial charge in [0.25, 0.3) is 0 Å². The summed E-state index contributed by atoms with van der Waals surface area (Å²) in [6.45, 7) is 3.43. The second-order valence-electron chi connectivity index (χ2n) is 5.62. The van der Waals surface area contributed by atoms with E-state index in [2.05, 4.69) is 39.1 Å². The maximum Gasteiger partial charge on any atom is 0.0406 e. The Morgan fingerprint density at radius 2 is 2.00 bits per heavy atom. The highest BCUT2D eigenvalue weighted by atomic mass is 15.1. The van der Waals surface area contributed by atoms with Crippen LogP contribution in [0.25, 0.3) is 0 Å². The van der Waals surface area contributed by atoms with Crippen molar-refractivity contribution in [2.45, 2.75) is 25.8 Å². The molecule has 3 heterocycles. The fourth-order valence-corrected chi connectivity index (χ4v) is 3.02. The Balaban J connectivity index is 1.57. The lowest BCUT2D eigenvalue weighted by atomic mass is 9.93. The number of piperidine rings is 1. The lowest BCUT2D eigenvalue weighted by molar-refractivity contribution is 0.166. The van der Waals surface area contributed by atoms with E-state index < -0.39 is 0 Å². The van der Waals surface area contributed by atoms with Gasteiger partial charge in [0.1, 0.15) is 0 Å². The molecule has 0 saturated carbocycles. The molecule has 2 aromatic rings. The van der Waals surface area contributed by atoms with Gasteiger partial charge in [-0.05, 0) is 61.6 Å². The second-order valence-corrected chi connectivity index (χ2v) is 5.62. The van der Waals surface area contributed by atoms with Crippen LogP contribution in [0.15, 0.2) is 48.9 Å². The molecule has 0 bridgehead atoms. The minimum Gasteiger partial charge on any atom is -0.299 e. The molecule has 104 valence electrons. The van der Waals surface area contributed by atoms with Gasteiger partial charge in [0.15, 0.2) is 0 Å².